The van der Waals surface area contributed by atoms with E-state index < -0.39 is 29.3 Å². The van der Waals surface area contributed by atoms with Crippen molar-refractivity contribution in [3.8, 4) is 0 Å². The smallest absolute Gasteiger partial charge is 0.277 e. The fourth-order valence-electron chi connectivity index (χ4n) is 3.46. The number of hydrogen-bond donors (Lipinski definition) is 2. The highest BCUT2D eigenvalue weighted by Crippen LogP contribution is 2.53. The van der Waals surface area contributed by atoms with E-state index in [1.807, 2.05) is 0 Å². The molecule has 0 spiro atoms. The third-order valence-electron chi connectivity index (χ3n) is 4.86. The highest BCUT2D eigenvalue weighted by molar-refractivity contribution is 6.30. The number of nitrogens with zero attached hydrogens (tertiary/aromatic N) is 2. The largest absolute Gasteiger partial charge is 0.385 e. The minimum absolute atomic E-state index is 0.0392. The summed E-state index contributed by atoms with van der Waals surface area (Å²) < 4.78 is 34.0. The van der Waals surface area contributed by atoms with Gasteiger partial charge in [0, 0.05) is 11.9 Å². The van der Waals surface area contributed by atoms with Gasteiger partial charge in [-0.2, -0.15) is 0 Å². The van der Waals surface area contributed by atoms with Crippen LogP contribution in [0, 0.1) is 11.7 Å². The van der Waals surface area contributed by atoms with Crippen molar-refractivity contribution < 1.29 is 18.3 Å². The number of alkyl halides is 1. The monoisotopic (exact) mass is 406 g/mol. The Bertz CT molecular complexity index is 967. The predicted octanol–water partition coefficient (Wildman–Crippen LogP) is 3.41. The molecule has 0 bridgehead atoms. The van der Waals surface area contributed by atoms with E-state index in [0.29, 0.717) is 11.3 Å². The van der Waals surface area contributed by atoms with E-state index in [9.17, 15) is 13.6 Å². The molecule has 6 nitrogen and oxygen atoms in total. The molecular weight excluding hydrogens is 390 g/mol. The molecule has 0 saturated heterocycles. The van der Waals surface area contributed by atoms with Crippen LogP contribution >= 0.6 is 11.6 Å². The van der Waals surface area contributed by atoms with Crippen molar-refractivity contribution in [1.29, 1.82) is 0 Å². The number of nitrogens with one attached hydrogen (secondary N) is 1. The number of hydrogen-bond acceptors (Lipinski definition) is 5. The Kier molecular flexibility index (Phi) is 4.76. The summed E-state index contributed by atoms with van der Waals surface area (Å²) in [6, 6.07) is 7.59. The third-order valence-corrected chi connectivity index (χ3v) is 5.06. The zero-order chi connectivity index (χ0) is 19.9. The molecule has 3 N–H and O–H groups in total. The molecular formula is C19H17ClF2N4O2. The summed E-state index contributed by atoms with van der Waals surface area (Å²) in [6.07, 6.45) is 1.14. The lowest BCUT2D eigenvalue weighted by Gasteiger charge is -2.37. The summed E-state index contributed by atoms with van der Waals surface area (Å²) in [5.74, 6) is -1.39. The first-order chi connectivity index (χ1) is 13.4. The van der Waals surface area contributed by atoms with Gasteiger partial charge >= 0.3 is 0 Å². The van der Waals surface area contributed by atoms with Gasteiger partial charge in [-0.05, 0) is 42.5 Å². The summed E-state index contributed by atoms with van der Waals surface area (Å²) in [4.78, 5) is 20.5. The van der Waals surface area contributed by atoms with Crippen LogP contribution in [0.15, 0.2) is 41.5 Å². The fourth-order valence-corrected chi connectivity index (χ4v) is 3.60. The summed E-state index contributed by atoms with van der Waals surface area (Å²) in [5.41, 5.74) is 5.08. The first-order valence-electron chi connectivity index (χ1n) is 8.73. The van der Waals surface area contributed by atoms with Crippen LogP contribution in [0.25, 0.3) is 0 Å². The number of benzene rings is 1. The lowest BCUT2D eigenvalue weighted by Crippen LogP contribution is -2.46. The second-order valence-corrected chi connectivity index (χ2v) is 7.29. The van der Waals surface area contributed by atoms with Crippen molar-refractivity contribution in [1.82, 2.24) is 4.98 Å². The van der Waals surface area contributed by atoms with Gasteiger partial charge < -0.3 is 15.8 Å². The van der Waals surface area contributed by atoms with E-state index in [-0.39, 0.29) is 23.4 Å². The summed E-state index contributed by atoms with van der Waals surface area (Å²) in [5, 5.41) is 2.66. The maximum Gasteiger partial charge on any atom is 0.277 e. The van der Waals surface area contributed by atoms with Crippen molar-refractivity contribution in [2.75, 3.05) is 11.9 Å². The van der Waals surface area contributed by atoms with Crippen molar-refractivity contribution >= 4 is 29.0 Å². The average molecular weight is 407 g/mol. The van der Waals surface area contributed by atoms with Gasteiger partial charge in [0.25, 0.3) is 5.91 Å². The van der Waals surface area contributed by atoms with Crippen LogP contribution in [0.5, 0.6) is 0 Å². The molecule has 0 unspecified atom stereocenters. The minimum Gasteiger partial charge on any atom is -0.385 e. The SMILES string of the molecule is NC1=N[C@@](c2cccc(NC(=O)c3ncc(Cl)cc3F)c2)(C2CC2)[C@@H](F)OC1. The number of carbonyl (C=O) groups excluding carboxylic acids is 1. The minimum atomic E-state index is -1.64. The average Bonchev–Trinajstić information content (AvgIpc) is 3.49. The lowest BCUT2D eigenvalue weighted by atomic mass is 9.84. The Morgan fingerprint density at radius 2 is 2.14 bits per heavy atom. The molecule has 2 atom stereocenters. The number of ether oxygens (including phenoxy) is 1. The first kappa shape index (κ1) is 18.8. The molecule has 1 aliphatic heterocycles. The molecule has 146 valence electrons. The Balaban J connectivity index is 1.66. The van der Waals surface area contributed by atoms with Crippen molar-refractivity contribution in [3.63, 3.8) is 0 Å². The maximum atomic E-state index is 14.9. The molecule has 28 heavy (non-hydrogen) atoms. The van der Waals surface area contributed by atoms with Gasteiger partial charge in [0.15, 0.2) is 11.5 Å². The number of rotatable bonds is 4. The highest BCUT2D eigenvalue weighted by atomic mass is 35.5. The Labute approximate surface area is 164 Å². The van der Waals surface area contributed by atoms with Gasteiger partial charge in [-0.25, -0.2) is 13.8 Å². The number of amides is 1. The number of aliphatic imine (C=N–C) groups is 1. The van der Waals surface area contributed by atoms with E-state index >= 15 is 0 Å². The number of pyridine rings is 1. The predicted molar refractivity (Wildman–Crippen MR) is 100 cm³/mol. The molecule has 4 rings (SSSR count). The van der Waals surface area contributed by atoms with Gasteiger partial charge in [-0.15, -0.1) is 0 Å². The number of carbonyl (C=O) groups is 1. The van der Waals surface area contributed by atoms with Gasteiger partial charge in [0.05, 0.1) is 5.02 Å². The molecule has 1 aromatic heterocycles. The van der Waals surface area contributed by atoms with Crippen LogP contribution in [0.3, 0.4) is 0 Å². The molecule has 9 heteroatoms. The van der Waals surface area contributed by atoms with Crippen LogP contribution in [0.4, 0.5) is 14.5 Å². The Morgan fingerprint density at radius 1 is 1.36 bits per heavy atom. The quantitative estimate of drug-likeness (QED) is 0.814. The van der Waals surface area contributed by atoms with Gasteiger partial charge in [0.1, 0.15) is 18.0 Å². The number of halogens is 3. The van der Waals surface area contributed by atoms with Crippen LogP contribution < -0.4 is 11.1 Å². The van der Waals surface area contributed by atoms with Crippen molar-refractivity contribution in [3.05, 3.63) is 58.6 Å². The second kappa shape index (κ2) is 7.10. The standard InChI is InChI=1S/C19H17ClF2N4O2/c20-12-7-14(21)16(24-8-12)17(27)25-13-3-1-2-11(6-13)19(10-4-5-10)18(22)28-9-15(23)26-19/h1-3,6-8,10,18H,4-5,9H2,(H2,23,26)(H,25,27)/t18-,19+/m0/s1. The van der Waals surface area contributed by atoms with Crippen LogP contribution in [-0.2, 0) is 10.3 Å². The van der Waals surface area contributed by atoms with Crippen molar-refractivity contribution in [2.24, 2.45) is 16.6 Å². The van der Waals surface area contributed by atoms with E-state index in [2.05, 4.69) is 15.3 Å². The van der Waals surface area contributed by atoms with Gasteiger partial charge in [-0.1, -0.05) is 23.7 Å². The molecule has 2 aliphatic rings. The van der Waals surface area contributed by atoms with E-state index in [1.165, 1.54) is 6.20 Å². The molecule has 1 amide bonds. The van der Waals surface area contributed by atoms with Gasteiger partial charge in [0.2, 0.25) is 6.36 Å². The molecule has 2 heterocycles. The third kappa shape index (κ3) is 3.33. The first-order valence-corrected chi connectivity index (χ1v) is 9.11. The van der Waals surface area contributed by atoms with Gasteiger partial charge in [-0.3, -0.25) is 9.79 Å². The molecule has 1 aliphatic carbocycles. The highest BCUT2D eigenvalue weighted by Gasteiger charge is 2.55. The maximum absolute atomic E-state index is 14.9. The summed E-state index contributed by atoms with van der Waals surface area (Å²) >= 11 is 5.66. The van der Waals surface area contributed by atoms with Crippen molar-refractivity contribution in [2.45, 2.75) is 24.7 Å². The Morgan fingerprint density at radius 3 is 2.86 bits per heavy atom. The number of anilines is 1. The van der Waals surface area contributed by atoms with Crippen LogP contribution in [-0.4, -0.2) is 29.7 Å². The van der Waals surface area contributed by atoms with Crippen LogP contribution in [0.1, 0.15) is 28.9 Å². The summed E-state index contributed by atoms with van der Waals surface area (Å²) in [7, 11) is 0. The zero-order valence-corrected chi connectivity index (χ0v) is 15.4. The fraction of sp³-hybridized carbons (Fsp3) is 0.316. The van der Waals surface area contributed by atoms with E-state index in [4.69, 9.17) is 22.1 Å². The van der Waals surface area contributed by atoms with Crippen LogP contribution in [0.2, 0.25) is 5.02 Å². The summed E-state index contributed by atoms with van der Waals surface area (Å²) in [6.45, 7) is -0.0619. The van der Waals surface area contributed by atoms with E-state index in [0.717, 1.165) is 18.9 Å². The topological polar surface area (TPSA) is 89.6 Å². The normalized spacial score (nSPS) is 24.5. The number of nitrogens with two attached hydrogens (primary N) is 1. The lowest BCUT2D eigenvalue weighted by molar-refractivity contribution is -0.0930. The Hall–Kier alpha value is -2.58. The van der Waals surface area contributed by atoms with E-state index in [1.54, 1.807) is 24.3 Å². The molecule has 1 saturated carbocycles. The molecule has 1 fully saturated rings. The molecule has 0 radical (unpaired) electrons. The molecule has 2 aromatic rings. The number of aromatic nitrogens is 1. The molecule has 1 aromatic carbocycles. The zero-order valence-electron chi connectivity index (χ0n) is 14.7. The second-order valence-electron chi connectivity index (χ2n) is 6.85. The number of amidine groups is 1.